The maximum atomic E-state index is 5.66. The fourth-order valence-electron chi connectivity index (χ4n) is 2.18. The van der Waals surface area contributed by atoms with Crippen molar-refractivity contribution in [2.45, 2.75) is 39.7 Å². The predicted octanol–water partition coefficient (Wildman–Crippen LogP) is 2.65. The summed E-state index contributed by atoms with van der Waals surface area (Å²) in [6, 6.07) is 6.48. The number of aromatic nitrogens is 2. The predicted molar refractivity (Wildman–Crippen MR) is 72.1 cm³/mol. The lowest BCUT2D eigenvalue weighted by molar-refractivity contribution is 0.615. The summed E-state index contributed by atoms with van der Waals surface area (Å²) in [6.45, 7) is 6.03. The van der Waals surface area contributed by atoms with E-state index < -0.39 is 0 Å². The van der Waals surface area contributed by atoms with E-state index in [1.165, 1.54) is 23.9 Å². The highest BCUT2D eigenvalue weighted by Gasteiger charge is 2.09. The average molecular weight is 231 g/mol. The van der Waals surface area contributed by atoms with Crippen LogP contribution >= 0.6 is 0 Å². The maximum Gasteiger partial charge on any atom is 0.111 e. The molecular formula is C14H21N3. The number of aryl methyl sites for hydroxylation is 2. The molecule has 0 spiro atoms. The van der Waals surface area contributed by atoms with Crippen LogP contribution in [-0.2, 0) is 13.0 Å². The van der Waals surface area contributed by atoms with Crippen molar-refractivity contribution in [2.75, 3.05) is 6.54 Å². The Hall–Kier alpha value is -1.35. The second-order valence-corrected chi connectivity index (χ2v) is 4.56. The van der Waals surface area contributed by atoms with Gasteiger partial charge in [0.15, 0.2) is 0 Å². The molecule has 0 atom stereocenters. The standard InChI is InChI=1S/C14H21N3/c1-3-4-9-17-13-6-5-11(2)10-12(13)16-14(17)7-8-15/h5-6,10H,3-4,7-9,15H2,1-2H3. The molecule has 0 radical (unpaired) electrons. The summed E-state index contributed by atoms with van der Waals surface area (Å²) in [7, 11) is 0. The van der Waals surface area contributed by atoms with Crippen LogP contribution in [-0.4, -0.2) is 16.1 Å². The van der Waals surface area contributed by atoms with Crippen LogP contribution < -0.4 is 5.73 Å². The molecule has 1 aromatic carbocycles. The van der Waals surface area contributed by atoms with Crippen LogP contribution in [0.5, 0.6) is 0 Å². The van der Waals surface area contributed by atoms with Gasteiger partial charge in [-0.25, -0.2) is 4.98 Å². The van der Waals surface area contributed by atoms with Crippen LogP contribution in [0.25, 0.3) is 11.0 Å². The van der Waals surface area contributed by atoms with Crippen LogP contribution in [0.3, 0.4) is 0 Å². The molecular weight excluding hydrogens is 210 g/mol. The van der Waals surface area contributed by atoms with Crippen LogP contribution in [0.1, 0.15) is 31.2 Å². The first-order valence-electron chi connectivity index (χ1n) is 6.42. The first-order valence-corrected chi connectivity index (χ1v) is 6.42. The van der Waals surface area contributed by atoms with Gasteiger partial charge in [-0.3, -0.25) is 0 Å². The normalized spacial score (nSPS) is 11.2. The highest BCUT2D eigenvalue weighted by molar-refractivity contribution is 5.76. The zero-order chi connectivity index (χ0) is 12.3. The highest BCUT2D eigenvalue weighted by atomic mass is 15.1. The third-order valence-electron chi connectivity index (χ3n) is 3.09. The Kier molecular flexibility index (Phi) is 3.79. The number of nitrogens with two attached hydrogens (primary N) is 1. The molecule has 0 bridgehead atoms. The first-order chi connectivity index (χ1) is 8.26. The maximum absolute atomic E-state index is 5.66. The lowest BCUT2D eigenvalue weighted by Gasteiger charge is -2.07. The average Bonchev–Trinajstić information content (AvgIpc) is 2.63. The third-order valence-corrected chi connectivity index (χ3v) is 3.09. The van der Waals surface area contributed by atoms with E-state index in [2.05, 4.69) is 36.6 Å². The molecule has 0 unspecified atom stereocenters. The van der Waals surface area contributed by atoms with Crippen LogP contribution in [0.2, 0.25) is 0 Å². The van der Waals surface area contributed by atoms with Crippen molar-refractivity contribution < 1.29 is 0 Å². The van der Waals surface area contributed by atoms with Gasteiger partial charge in [-0.15, -0.1) is 0 Å². The molecule has 92 valence electrons. The van der Waals surface area contributed by atoms with Gasteiger partial charge < -0.3 is 10.3 Å². The fraction of sp³-hybridized carbons (Fsp3) is 0.500. The summed E-state index contributed by atoms with van der Waals surface area (Å²) < 4.78 is 2.32. The number of imidazole rings is 1. The summed E-state index contributed by atoms with van der Waals surface area (Å²) >= 11 is 0. The molecule has 2 aromatic rings. The SMILES string of the molecule is CCCCn1c(CCN)nc2cc(C)ccc21. The molecule has 0 aliphatic rings. The van der Waals surface area contributed by atoms with Gasteiger partial charge in [-0.05, 0) is 37.6 Å². The summed E-state index contributed by atoms with van der Waals surface area (Å²) in [5, 5.41) is 0. The van der Waals surface area contributed by atoms with Crippen LogP contribution in [0.15, 0.2) is 18.2 Å². The van der Waals surface area contributed by atoms with E-state index >= 15 is 0 Å². The van der Waals surface area contributed by atoms with E-state index in [0.717, 1.165) is 24.3 Å². The molecule has 2 rings (SSSR count). The number of hydrogen-bond donors (Lipinski definition) is 1. The fourth-order valence-corrected chi connectivity index (χ4v) is 2.18. The Balaban J connectivity index is 2.46. The minimum Gasteiger partial charge on any atom is -0.330 e. The summed E-state index contributed by atoms with van der Waals surface area (Å²) in [5.41, 5.74) is 9.26. The first kappa shape index (κ1) is 12.1. The number of fused-ring (bicyclic) bond motifs is 1. The molecule has 0 amide bonds. The van der Waals surface area contributed by atoms with Gasteiger partial charge in [-0.2, -0.15) is 0 Å². The second kappa shape index (κ2) is 5.32. The van der Waals surface area contributed by atoms with Crippen molar-refractivity contribution in [3.63, 3.8) is 0 Å². The van der Waals surface area contributed by atoms with Crippen molar-refractivity contribution in [2.24, 2.45) is 5.73 Å². The molecule has 0 saturated heterocycles. The van der Waals surface area contributed by atoms with E-state index in [1.54, 1.807) is 0 Å². The van der Waals surface area contributed by atoms with Crippen molar-refractivity contribution in [1.82, 2.24) is 9.55 Å². The highest BCUT2D eigenvalue weighted by Crippen LogP contribution is 2.18. The van der Waals surface area contributed by atoms with Gasteiger partial charge in [0, 0.05) is 13.0 Å². The van der Waals surface area contributed by atoms with Gasteiger partial charge in [0.2, 0.25) is 0 Å². The Labute approximate surface area is 103 Å². The topological polar surface area (TPSA) is 43.8 Å². The number of rotatable bonds is 5. The van der Waals surface area contributed by atoms with Crippen molar-refractivity contribution in [1.29, 1.82) is 0 Å². The Bertz CT molecular complexity index is 499. The van der Waals surface area contributed by atoms with Crippen LogP contribution in [0.4, 0.5) is 0 Å². The van der Waals surface area contributed by atoms with Crippen molar-refractivity contribution >= 4 is 11.0 Å². The largest absolute Gasteiger partial charge is 0.330 e. The van der Waals surface area contributed by atoms with E-state index in [4.69, 9.17) is 10.7 Å². The molecule has 0 aliphatic carbocycles. The zero-order valence-electron chi connectivity index (χ0n) is 10.7. The number of unbranched alkanes of at least 4 members (excludes halogenated alkanes) is 1. The van der Waals surface area contributed by atoms with E-state index in [-0.39, 0.29) is 0 Å². The minimum absolute atomic E-state index is 0.661. The van der Waals surface area contributed by atoms with Crippen molar-refractivity contribution in [3.05, 3.63) is 29.6 Å². The van der Waals surface area contributed by atoms with E-state index in [9.17, 15) is 0 Å². The van der Waals surface area contributed by atoms with Crippen LogP contribution in [0, 0.1) is 6.92 Å². The van der Waals surface area contributed by atoms with Gasteiger partial charge in [0.05, 0.1) is 11.0 Å². The molecule has 3 nitrogen and oxygen atoms in total. The molecule has 1 aromatic heterocycles. The Morgan fingerprint density at radius 2 is 2.18 bits per heavy atom. The zero-order valence-corrected chi connectivity index (χ0v) is 10.7. The van der Waals surface area contributed by atoms with E-state index in [0.29, 0.717) is 6.54 Å². The molecule has 1 heterocycles. The monoisotopic (exact) mass is 231 g/mol. The molecule has 0 aliphatic heterocycles. The summed E-state index contributed by atoms with van der Waals surface area (Å²) in [6.07, 6.45) is 3.25. The molecule has 2 N–H and O–H groups in total. The summed E-state index contributed by atoms with van der Waals surface area (Å²) in [4.78, 5) is 4.70. The van der Waals surface area contributed by atoms with Crippen molar-refractivity contribution in [3.8, 4) is 0 Å². The van der Waals surface area contributed by atoms with Gasteiger partial charge in [0.1, 0.15) is 5.82 Å². The van der Waals surface area contributed by atoms with Gasteiger partial charge in [0.25, 0.3) is 0 Å². The lowest BCUT2D eigenvalue weighted by Crippen LogP contribution is -2.10. The van der Waals surface area contributed by atoms with Gasteiger partial charge in [-0.1, -0.05) is 19.4 Å². The number of hydrogen-bond acceptors (Lipinski definition) is 2. The Morgan fingerprint density at radius 3 is 2.88 bits per heavy atom. The lowest BCUT2D eigenvalue weighted by atomic mass is 10.2. The molecule has 3 heteroatoms. The number of nitrogens with zero attached hydrogens (tertiary/aromatic N) is 2. The Morgan fingerprint density at radius 1 is 1.35 bits per heavy atom. The number of benzene rings is 1. The quantitative estimate of drug-likeness (QED) is 0.859. The summed E-state index contributed by atoms with van der Waals surface area (Å²) in [5.74, 6) is 1.13. The molecule has 0 fully saturated rings. The minimum atomic E-state index is 0.661. The molecule has 17 heavy (non-hydrogen) atoms. The van der Waals surface area contributed by atoms with Gasteiger partial charge >= 0.3 is 0 Å². The van der Waals surface area contributed by atoms with E-state index in [1.807, 2.05) is 0 Å². The third kappa shape index (κ3) is 2.50. The smallest absolute Gasteiger partial charge is 0.111 e. The molecule has 0 saturated carbocycles. The second-order valence-electron chi connectivity index (χ2n) is 4.56.